The van der Waals surface area contributed by atoms with Crippen LogP contribution in [0.15, 0.2) is 45.5 Å². The van der Waals surface area contributed by atoms with Crippen LogP contribution in [0.25, 0.3) is 0 Å². The number of furan rings is 1. The quantitative estimate of drug-likeness (QED) is 0.458. The molecule has 1 atom stereocenters. The minimum absolute atomic E-state index is 0.259. The largest absolute Gasteiger partial charge is 0.466 e. The SMILES string of the molecule is NNC(c1ccccc1N)c1occc1Br. The molecule has 1 unspecified atom stereocenters. The maximum atomic E-state index is 5.90. The Balaban J connectivity index is 2.45. The molecule has 0 fully saturated rings. The van der Waals surface area contributed by atoms with E-state index in [1.807, 2.05) is 30.3 Å². The lowest BCUT2D eigenvalue weighted by Crippen LogP contribution is -2.29. The van der Waals surface area contributed by atoms with Crippen LogP contribution in [0.4, 0.5) is 5.69 Å². The molecule has 2 aromatic rings. The molecule has 0 radical (unpaired) electrons. The number of nitrogens with one attached hydrogen (secondary N) is 1. The molecule has 1 aromatic heterocycles. The average Bonchev–Trinajstić information content (AvgIpc) is 2.69. The summed E-state index contributed by atoms with van der Waals surface area (Å²) in [5.41, 5.74) is 10.2. The van der Waals surface area contributed by atoms with Crippen LogP contribution in [0.3, 0.4) is 0 Å². The van der Waals surface area contributed by atoms with Gasteiger partial charge < -0.3 is 10.2 Å². The van der Waals surface area contributed by atoms with Gasteiger partial charge in [0.15, 0.2) is 0 Å². The average molecular weight is 282 g/mol. The van der Waals surface area contributed by atoms with Gasteiger partial charge in [0.2, 0.25) is 0 Å². The van der Waals surface area contributed by atoms with Crippen LogP contribution in [0.1, 0.15) is 17.4 Å². The van der Waals surface area contributed by atoms with Crippen molar-refractivity contribution in [2.24, 2.45) is 5.84 Å². The van der Waals surface area contributed by atoms with Crippen molar-refractivity contribution < 1.29 is 4.42 Å². The Morgan fingerprint density at radius 3 is 2.56 bits per heavy atom. The molecule has 0 spiro atoms. The first-order chi connectivity index (χ1) is 7.74. The lowest BCUT2D eigenvalue weighted by atomic mass is 10.0. The first-order valence-corrected chi connectivity index (χ1v) is 5.56. The topological polar surface area (TPSA) is 77.2 Å². The van der Waals surface area contributed by atoms with Gasteiger partial charge in [0.1, 0.15) is 11.8 Å². The third-order valence-corrected chi connectivity index (χ3v) is 3.04. The Morgan fingerprint density at radius 2 is 2.00 bits per heavy atom. The lowest BCUT2D eigenvalue weighted by Gasteiger charge is -2.16. The van der Waals surface area contributed by atoms with Gasteiger partial charge in [0.05, 0.1) is 10.7 Å². The van der Waals surface area contributed by atoms with Gasteiger partial charge in [0, 0.05) is 11.3 Å². The molecule has 0 saturated carbocycles. The molecule has 4 nitrogen and oxygen atoms in total. The number of rotatable bonds is 3. The van der Waals surface area contributed by atoms with Crippen molar-refractivity contribution in [3.05, 3.63) is 52.4 Å². The second kappa shape index (κ2) is 4.69. The fraction of sp³-hybridized carbons (Fsp3) is 0.0909. The number of nitrogens with two attached hydrogens (primary N) is 2. The molecule has 0 amide bonds. The molecule has 5 N–H and O–H groups in total. The number of anilines is 1. The van der Waals surface area contributed by atoms with Gasteiger partial charge in [-0.25, -0.2) is 5.43 Å². The Bertz CT molecular complexity index is 484. The predicted octanol–water partition coefficient (Wildman–Crippen LogP) is 2.18. The third kappa shape index (κ3) is 1.97. The summed E-state index contributed by atoms with van der Waals surface area (Å²) < 4.78 is 6.24. The van der Waals surface area contributed by atoms with E-state index in [1.54, 1.807) is 6.26 Å². The Hall–Kier alpha value is -1.30. The van der Waals surface area contributed by atoms with E-state index in [0.29, 0.717) is 11.4 Å². The number of hydrazine groups is 1. The first kappa shape index (κ1) is 11.2. The highest BCUT2D eigenvalue weighted by Crippen LogP contribution is 2.31. The van der Waals surface area contributed by atoms with E-state index in [4.69, 9.17) is 16.0 Å². The van der Waals surface area contributed by atoms with Crippen LogP contribution in [0.5, 0.6) is 0 Å². The zero-order valence-corrected chi connectivity index (χ0v) is 10.1. The molecule has 5 heteroatoms. The fourth-order valence-corrected chi connectivity index (χ4v) is 2.02. The molecule has 1 heterocycles. The smallest absolute Gasteiger partial charge is 0.140 e. The van der Waals surface area contributed by atoms with Crippen LogP contribution in [0.2, 0.25) is 0 Å². The standard InChI is InChI=1S/C11H12BrN3O/c12-8-5-6-16-11(8)10(15-14)7-3-1-2-4-9(7)13/h1-6,10,15H,13-14H2. The van der Waals surface area contributed by atoms with Gasteiger partial charge in [-0.3, -0.25) is 5.84 Å². The Morgan fingerprint density at radius 1 is 1.25 bits per heavy atom. The molecule has 84 valence electrons. The molecule has 1 aromatic carbocycles. The molecule has 0 aliphatic carbocycles. The summed E-state index contributed by atoms with van der Waals surface area (Å²) in [5, 5.41) is 0. The highest BCUT2D eigenvalue weighted by atomic mass is 79.9. The summed E-state index contributed by atoms with van der Waals surface area (Å²) >= 11 is 3.40. The van der Waals surface area contributed by atoms with Crippen LogP contribution >= 0.6 is 15.9 Å². The molecule has 0 saturated heterocycles. The van der Waals surface area contributed by atoms with E-state index in [9.17, 15) is 0 Å². The molecular weight excluding hydrogens is 270 g/mol. The highest BCUT2D eigenvalue weighted by molar-refractivity contribution is 9.10. The van der Waals surface area contributed by atoms with Crippen LogP contribution in [0, 0.1) is 0 Å². The number of benzene rings is 1. The molecule has 2 rings (SSSR count). The zero-order chi connectivity index (χ0) is 11.5. The summed E-state index contributed by atoms with van der Waals surface area (Å²) in [6.45, 7) is 0. The van der Waals surface area contributed by atoms with E-state index >= 15 is 0 Å². The minimum atomic E-state index is -0.259. The van der Waals surface area contributed by atoms with Gasteiger partial charge >= 0.3 is 0 Å². The van der Waals surface area contributed by atoms with Gasteiger partial charge in [-0.05, 0) is 28.1 Å². The summed E-state index contributed by atoms with van der Waals surface area (Å²) in [6, 6.07) is 9.09. The molecule has 0 aliphatic heterocycles. The van der Waals surface area contributed by atoms with Crippen molar-refractivity contribution in [3.63, 3.8) is 0 Å². The van der Waals surface area contributed by atoms with Crippen molar-refractivity contribution in [1.29, 1.82) is 0 Å². The van der Waals surface area contributed by atoms with Crippen molar-refractivity contribution in [1.82, 2.24) is 5.43 Å². The third-order valence-electron chi connectivity index (χ3n) is 2.38. The first-order valence-electron chi connectivity index (χ1n) is 4.77. The normalized spacial score (nSPS) is 12.6. The monoisotopic (exact) mass is 281 g/mol. The Labute approximate surface area is 102 Å². The maximum absolute atomic E-state index is 5.90. The number of hydrogen-bond acceptors (Lipinski definition) is 4. The summed E-state index contributed by atoms with van der Waals surface area (Å²) in [5.74, 6) is 6.26. The van der Waals surface area contributed by atoms with E-state index in [2.05, 4.69) is 21.4 Å². The second-order valence-corrected chi connectivity index (χ2v) is 4.22. The van der Waals surface area contributed by atoms with Gasteiger partial charge in [0.25, 0.3) is 0 Å². The van der Waals surface area contributed by atoms with Gasteiger partial charge in [-0.2, -0.15) is 0 Å². The fourth-order valence-electron chi connectivity index (χ4n) is 1.59. The van der Waals surface area contributed by atoms with E-state index in [-0.39, 0.29) is 6.04 Å². The van der Waals surface area contributed by atoms with E-state index < -0.39 is 0 Å². The zero-order valence-electron chi connectivity index (χ0n) is 8.48. The van der Waals surface area contributed by atoms with Crippen LogP contribution < -0.4 is 17.0 Å². The molecule has 16 heavy (non-hydrogen) atoms. The van der Waals surface area contributed by atoms with Gasteiger partial charge in [-0.1, -0.05) is 18.2 Å². The van der Waals surface area contributed by atoms with E-state index in [1.165, 1.54) is 0 Å². The number of halogens is 1. The molecule has 0 bridgehead atoms. The summed E-state index contributed by atoms with van der Waals surface area (Å²) in [4.78, 5) is 0. The van der Waals surface area contributed by atoms with Crippen LogP contribution in [-0.4, -0.2) is 0 Å². The summed E-state index contributed by atoms with van der Waals surface area (Å²) in [7, 11) is 0. The molecule has 0 aliphatic rings. The summed E-state index contributed by atoms with van der Waals surface area (Å²) in [6.07, 6.45) is 1.60. The minimum Gasteiger partial charge on any atom is -0.466 e. The number of nitrogen functional groups attached to an aromatic ring is 1. The Kier molecular flexibility index (Phi) is 3.28. The maximum Gasteiger partial charge on any atom is 0.140 e. The van der Waals surface area contributed by atoms with Crippen molar-refractivity contribution >= 4 is 21.6 Å². The number of hydrogen-bond donors (Lipinski definition) is 3. The predicted molar refractivity (Wildman–Crippen MR) is 66.4 cm³/mol. The van der Waals surface area contributed by atoms with Gasteiger partial charge in [-0.15, -0.1) is 0 Å². The molecular formula is C11H12BrN3O. The van der Waals surface area contributed by atoms with E-state index in [0.717, 1.165) is 10.0 Å². The van der Waals surface area contributed by atoms with Crippen LogP contribution in [-0.2, 0) is 0 Å². The van der Waals surface area contributed by atoms with Crippen molar-refractivity contribution in [3.8, 4) is 0 Å². The van der Waals surface area contributed by atoms with Crippen molar-refractivity contribution in [2.75, 3.05) is 5.73 Å². The highest BCUT2D eigenvalue weighted by Gasteiger charge is 2.20. The van der Waals surface area contributed by atoms with Crippen molar-refractivity contribution in [2.45, 2.75) is 6.04 Å². The lowest BCUT2D eigenvalue weighted by molar-refractivity contribution is 0.450. The second-order valence-electron chi connectivity index (χ2n) is 3.36. The number of para-hydroxylation sites is 1.